The van der Waals surface area contributed by atoms with Crippen LogP contribution in [0.4, 0.5) is 4.39 Å². The van der Waals surface area contributed by atoms with Crippen molar-refractivity contribution in [3.63, 3.8) is 0 Å². The standard InChI is InChI=1S/C25H34FIO4/c1-14-8-9-22(4)15(10-14)6-7-16-17-11-20-25(19(29)13-27,31-21(2,3)30-20)23(17,5)12-18(28)24(16,22)26/h10,16-18,20,28H,1,6-9,11-13H2,2-5H3/t16-,17-,18-,20+,22-,23-,24-,25+/m0/s1. The molecule has 0 bridgehead atoms. The van der Waals surface area contributed by atoms with E-state index in [2.05, 4.69) is 35.2 Å². The molecule has 0 radical (unpaired) electrons. The molecule has 1 saturated heterocycles. The van der Waals surface area contributed by atoms with Crippen molar-refractivity contribution in [1.29, 1.82) is 0 Å². The highest BCUT2D eigenvalue weighted by atomic mass is 127. The summed E-state index contributed by atoms with van der Waals surface area (Å²) in [4.78, 5) is 13.4. The Morgan fingerprint density at radius 3 is 2.68 bits per heavy atom. The van der Waals surface area contributed by atoms with Crippen molar-refractivity contribution in [1.82, 2.24) is 0 Å². The van der Waals surface area contributed by atoms with Gasteiger partial charge in [-0.15, -0.1) is 0 Å². The number of Topliss-reactive ketones (excluding diaryl/α,β-unsaturated/α-hetero) is 1. The smallest absolute Gasteiger partial charge is 0.177 e. The first-order valence-electron chi connectivity index (χ1n) is 11.6. The van der Waals surface area contributed by atoms with Crippen LogP contribution in [0.2, 0.25) is 0 Å². The maximum Gasteiger partial charge on any atom is 0.177 e. The van der Waals surface area contributed by atoms with Crippen LogP contribution in [0.15, 0.2) is 23.8 Å². The number of ether oxygens (including phenoxy) is 2. The summed E-state index contributed by atoms with van der Waals surface area (Å²) in [6.45, 7) is 11.8. The van der Waals surface area contributed by atoms with Crippen molar-refractivity contribution >= 4 is 28.4 Å². The first-order valence-corrected chi connectivity index (χ1v) is 13.1. The van der Waals surface area contributed by atoms with Crippen LogP contribution in [0.25, 0.3) is 0 Å². The fourth-order valence-electron chi connectivity index (χ4n) is 8.36. The van der Waals surface area contributed by atoms with E-state index in [9.17, 15) is 9.90 Å². The molecular weight excluding hydrogens is 510 g/mol. The molecular formula is C25H34FIO4. The maximum absolute atomic E-state index is 17.3. The summed E-state index contributed by atoms with van der Waals surface area (Å²) < 4.78 is 30.4. The first-order chi connectivity index (χ1) is 14.4. The average Bonchev–Trinajstić information content (AvgIpc) is 3.09. The molecule has 8 atom stereocenters. The number of hydrogen-bond acceptors (Lipinski definition) is 4. The van der Waals surface area contributed by atoms with Gasteiger partial charge in [0.25, 0.3) is 0 Å². The van der Waals surface area contributed by atoms with E-state index in [0.717, 1.165) is 24.0 Å². The second-order valence-electron chi connectivity index (χ2n) is 11.5. The summed E-state index contributed by atoms with van der Waals surface area (Å²) in [6, 6.07) is 0. The van der Waals surface area contributed by atoms with Crippen LogP contribution in [-0.2, 0) is 14.3 Å². The molecule has 1 heterocycles. The molecule has 4 fully saturated rings. The Kier molecular flexibility index (Phi) is 4.81. The van der Waals surface area contributed by atoms with Gasteiger partial charge in [-0.25, -0.2) is 4.39 Å². The lowest BCUT2D eigenvalue weighted by molar-refractivity contribution is -0.250. The van der Waals surface area contributed by atoms with Gasteiger partial charge in [0.1, 0.15) is 5.67 Å². The quantitative estimate of drug-likeness (QED) is 0.390. The van der Waals surface area contributed by atoms with Crippen LogP contribution in [0.5, 0.6) is 0 Å². The Morgan fingerprint density at radius 1 is 1.29 bits per heavy atom. The minimum absolute atomic E-state index is 0.00352. The van der Waals surface area contributed by atoms with Crippen LogP contribution >= 0.6 is 22.6 Å². The number of allylic oxidation sites excluding steroid dienone is 3. The van der Waals surface area contributed by atoms with E-state index in [1.165, 1.54) is 0 Å². The van der Waals surface area contributed by atoms with Gasteiger partial charge in [-0.3, -0.25) is 4.79 Å². The molecule has 3 saturated carbocycles. The Bertz CT molecular complexity index is 885. The number of carbonyl (C=O) groups is 1. The molecule has 0 aromatic heterocycles. The zero-order valence-electron chi connectivity index (χ0n) is 19.0. The summed E-state index contributed by atoms with van der Waals surface area (Å²) in [5.74, 6) is -1.26. The van der Waals surface area contributed by atoms with Crippen molar-refractivity contribution < 1.29 is 23.8 Å². The Labute approximate surface area is 198 Å². The number of halogens is 2. The van der Waals surface area contributed by atoms with Crippen molar-refractivity contribution in [2.75, 3.05) is 4.43 Å². The lowest BCUT2D eigenvalue weighted by Crippen LogP contribution is -2.70. The van der Waals surface area contributed by atoms with Crippen LogP contribution in [0.3, 0.4) is 0 Å². The normalized spacial score (nSPS) is 52.6. The van der Waals surface area contributed by atoms with Gasteiger partial charge in [0.15, 0.2) is 17.2 Å². The number of carbonyl (C=O) groups excluding carboxylic acids is 1. The van der Waals surface area contributed by atoms with Crippen LogP contribution in [0, 0.1) is 22.7 Å². The Hall–Kier alpha value is -0.310. The zero-order valence-corrected chi connectivity index (χ0v) is 21.1. The van der Waals surface area contributed by atoms with E-state index >= 15 is 4.39 Å². The van der Waals surface area contributed by atoms with Crippen LogP contribution in [0.1, 0.15) is 66.2 Å². The Balaban J connectivity index is 1.63. The largest absolute Gasteiger partial charge is 0.390 e. The van der Waals surface area contributed by atoms with Gasteiger partial charge in [-0.05, 0) is 58.3 Å². The lowest BCUT2D eigenvalue weighted by atomic mass is 9.43. The highest BCUT2D eigenvalue weighted by molar-refractivity contribution is 14.1. The molecule has 4 nitrogen and oxygen atoms in total. The predicted molar refractivity (Wildman–Crippen MR) is 125 cm³/mol. The SMILES string of the molecule is C=C1C=C2CC[C@H]3[C@@H]4C[C@H]5OC(C)(C)O[C@@]5(C(=O)CI)[C@@]4(C)C[C@H](O)[C@]3(F)[C@@]2(C)CC1. The van der Waals surface area contributed by atoms with Gasteiger partial charge in [-0.1, -0.05) is 60.2 Å². The topological polar surface area (TPSA) is 55.8 Å². The minimum Gasteiger partial charge on any atom is -0.390 e. The van der Waals surface area contributed by atoms with E-state index in [1.807, 2.05) is 27.7 Å². The predicted octanol–water partition coefficient (Wildman–Crippen LogP) is 5.07. The van der Waals surface area contributed by atoms with Crippen molar-refractivity contribution in [2.24, 2.45) is 22.7 Å². The number of aliphatic hydroxyl groups excluding tert-OH is 1. The van der Waals surface area contributed by atoms with Gasteiger partial charge in [0, 0.05) is 16.7 Å². The van der Waals surface area contributed by atoms with Gasteiger partial charge >= 0.3 is 0 Å². The van der Waals surface area contributed by atoms with Gasteiger partial charge in [-0.2, -0.15) is 0 Å². The summed E-state index contributed by atoms with van der Waals surface area (Å²) in [6.07, 6.45) is 4.26. The van der Waals surface area contributed by atoms with Crippen molar-refractivity contribution in [2.45, 2.75) is 95.5 Å². The first kappa shape index (κ1) is 22.5. The highest BCUT2D eigenvalue weighted by Crippen LogP contribution is 2.73. The molecule has 5 aliphatic rings. The third kappa shape index (κ3) is 2.54. The number of ketones is 1. The third-order valence-electron chi connectivity index (χ3n) is 9.69. The molecule has 5 rings (SSSR count). The summed E-state index contributed by atoms with van der Waals surface area (Å²) in [5, 5.41) is 11.5. The molecule has 172 valence electrons. The fourth-order valence-corrected chi connectivity index (χ4v) is 8.92. The molecule has 0 amide bonds. The van der Waals surface area contributed by atoms with Gasteiger partial charge < -0.3 is 14.6 Å². The molecule has 0 spiro atoms. The average molecular weight is 544 g/mol. The monoisotopic (exact) mass is 544 g/mol. The Morgan fingerprint density at radius 2 is 2.00 bits per heavy atom. The number of alkyl halides is 2. The molecule has 4 aliphatic carbocycles. The summed E-state index contributed by atoms with van der Waals surface area (Å²) in [7, 11) is 0. The fraction of sp³-hybridized carbons (Fsp3) is 0.800. The summed E-state index contributed by atoms with van der Waals surface area (Å²) in [5.41, 5.74) is -2.06. The van der Waals surface area contributed by atoms with E-state index in [-0.39, 0.29) is 24.0 Å². The summed E-state index contributed by atoms with van der Waals surface area (Å²) >= 11 is 2.09. The number of fused-ring (bicyclic) bond motifs is 7. The molecule has 6 heteroatoms. The second kappa shape index (κ2) is 6.63. The van der Waals surface area contributed by atoms with Gasteiger partial charge in [0.2, 0.25) is 0 Å². The van der Waals surface area contributed by atoms with Crippen molar-refractivity contribution in [3.05, 3.63) is 23.8 Å². The molecule has 0 aromatic rings. The molecule has 31 heavy (non-hydrogen) atoms. The number of rotatable bonds is 2. The molecule has 1 aliphatic heterocycles. The molecule has 1 N–H and O–H groups in total. The zero-order chi connectivity index (χ0) is 22.6. The molecule has 0 aromatic carbocycles. The third-order valence-corrected chi connectivity index (χ3v) is 10.4. The number of aliphatic hydroxyl groups is 1. The van der Waals surface area contributed by atoms with E-state index < -0.39 is 40.1 Å². The molecule has 0 unspecified atom stereocenters. The van der Waals surface area contributed by atoms with E-state index in [0.29, 0.717) is 23.7 Å². The maximum atomic E-state index is 17.3. The van der Waals surface area contributed by atoms with Crippen molar-refractivity contribution in [3.8, 4) is 0 Å². The second-order valence-corrected chi connectivity index (χ2v) is 12.2. The van der Waals surface area contributed by atoms with Gasteiger partial charge in [0.05, 0.1) is 16.6 Å². The lowest BCUT2D eigenvalue weighted by Gasteiger charge is -2.63. The van der Waals surface area contributed by atoms with Crippen LogP contribution in [-0.4, -0.2) is 44.6 Å². The minimum atomic E-state index is -1.72. The van der Waals surface area contributed by atoms with E-state index in [4.69, 9.17) is 9.47 Å². The van der Waals surface area contributed by atoms with E-state index in [1.54, 1.807) is 0 Å². The number of hydrogen-bond donors (Lipinski definition) is 1. The highest BCUT2D eigenvalue weighted by Gasteiger charge is 2.79. The van der Waals surface area contributed by atoms with Crippen LogP contribution < -0.4 is 0 Å².